The molecule has 0 amide bonds. The average Bonchev–Trinajstić information content (AvgIpc) is 3.38. The van der Waals surface area contributed by atoms with Gasteiger partial charge in [-0.3, -0.25) is 0 Å². The maximum Gasteiger partial charge on any atom is 0.140 e. The third-order valence-electron chi connectivity index (χ3n) is 7.60. The first-order valence-electron chi connectivity index (χ1n) is 11.8. The van der Waals surface area contributed by atoms with E-state index in [2.05, 4.69) is 50.6 Å². The molecule has 3 aliphatic rings. The molecule has 6 rings (SSSR count). The van der Waals surface area contributed by atoms with Crippen molar-refractivity contribution in [1.29, 1.82) is 0 Å². The molecule has 32 heavy (non-hydrogen) atoms. The number of aryl methyl sites for hydroxylation is 1. The standard InChI is InChI=1S/C26H30N6/c1-18-8-9-20-23(18)25(31-17-30-20)32-16-26(10-13-27-14-11-26)24-19(5-4-6-21(24)32)15-29-22-7-2-3-12-28-22/h2-7,12,17-18,27H,8-11,13-16H2,1H3,(H,28,29). The van der Waals surface area contributed by atoms with Crippen LogP contribution in [0.3, 0.4) is 0 Å². The zero-order valence-electron chi connectivity index (χ0n) is 18.6. The SMILES string of the molecule is CC1CCc2ncnc(N3CC4(CCNCC4)c4c(CNc5ccccn5)cccc43)c21. The first-order chi connectivity index (χ1) is 15.8. The van der Waals surface area contributed by atoms with Crippen LogP contribution in [0.2, 0.25) is 0 Å². The number of rotatable bonds is 4. The molecule has 2 N–H and O–H groups in total. The van der Waals surface area contributed by atoms with E-state index in [1.807, 2.05) is 24.4 Å². The molecule has 2 aliphatic heterocycles. The third-order valence-corrected chi connectivity index (χ3v) is 7.60. The Bertz CT molecular complexity index is 1120. The number of pyridine rings is 1. The topological polar surface area (TPSA) is 66.0 Å². The van der Waals surface area contributed by atoms with Gasteiger partial charge in [0.15, 0.2) is 0 Å². The summed E-state index contributed by atoms with van der Waals surface area (Å²) in [5.41, 5.74) is 6.96. The van der Waals surface area contributed by atoms with Crippen LogP contribution in [-0.2, 0) is 18.4 Å². The summed E-state index contributed by atoms with van der Waals surface area (Å²) in [6, 6.07) is 12.8. The van der Waals surface area contributed by atoms with E-state index < -0.39 is 0 Å². The molecule has 2 aromatic heterocycles. The first kappa shape index (κ1) is 19.7. The van der Waals surface area contributed by atoms with E-state index in [-0.39, 0.29) is 5.41 Å². The molecular weight excluding hydrogens is 396 g/mol. The summed E-state index contributed by atoms with van der Waals surface area (Å²) in [4.78, 5) is 16.4. The number of fused-ring (bicyclic) bond motifs is 3. The Labute approximate surface area is 189 Å². The number of nitrogens with zero attached hydrogens (tertiary/aromatic N) is 4. The molecule has 0 saturated carbocycles. The van der Waals surface area contributed by atoms with Gasteiger partial charge in [-0.05, 0) is 74.0 Å². The summed E-state index contributed by atoms with van der Waals surface area (Å²) in [6.45, 7) is 6.23. The number of benzene rings is 1. The van der Waals surface area contributed by atoms with Crippen LogP contribution in [0, 0.1) is 0 Å². The predicted octanol–water partition coefficient (Wildman–Crippen LogP) is 4.31. The Morgan fingerprint density at radius 3 is 2.84 bits per heavy atom. The van der Waals surface area contributed by atoms with Crippen LogP contribution in [0.15, 0.2) is 48.9 Å². The molecule has 164 valence electrons. The lowest BCUT2D eigenvalue weighted by atomic mass is 9.73. The van der Waals surface area contributed by atoms with Crippen LogP contribution in [0.5, 0.6) is 0 Å². The number of anilines is 3. The number of aromatic nitrogens is 3. The van der Waals surface area contributed by atoms with Crippen molar-refractivity contribution in [3.63, 3.8) is 0 Å². The van der Waals surface area contributed by atoms with Gasteiger partial charge in [0.2, 0.25) is 0 Å². The second-order valence-electron chi connectivity index (χ2n) is 9.49. The highest BCUT2D eigenvalue weighted by Gasteiger charge is 2.46. The lowest BCUT2D eigenvalue weighted by Gasteiger charge is -2.36. The van der Waals surface area contributed by atoms with Crippen molar-refractivity contribution >= 4 is 17.3 Å². The Kier molecular flexibility index (Phi) is 4.83. The van der Waals surface area contributed by atoms with Gasteiger partial charge in [-0.2, -0.15) is 0 Å². The van der Waals surface area contributed by atoms with Crippen LogP contribution in [-0.4, -0.2) is 34.6 Å². The highest BCUT2D eigenvalue weighted by molar-refractivity contribution is 5.75. The monoisotopic (exact) mass is 426 g/mol. The van der Waals surface area contributed by atoms with Gasteiger partial charge >= 0.3 is 0 Å². The van der Waals surface area contributed by atoms with E-state index in [0.29, 0.717) is 5.92 Å². The van der Waals surface area contributed by atoms with E-state index >= 15 is 0 Å². The second-order valence-corrected chi connectivity index (χ2v) is 9.49. The van der Waals surface area contributed by atoms with Gasteiger partial charge in [-0.1, -0.05) is 25.1 Å². The summed E-state index contributed by atoms with van der Waals surface area (Å²) < 4.78 is 0. The highest BCUT2D eigenvalue weighted by atomic mass is 15.2. The molecule has 0 radical (unpaired) electrons. The van der Waals surface area contributed by atoms with Crippen LogP contribution in [0.25, 0.3) is 0 Å². The molecule has 1 atom stereocenters. The minimum atomic E-state index is 0.155. The molecule has 0 bridgehead atoms. The van der Waals surface area contributed by atoms with Crippen molar-refractivity contribution in [2.24, 2.45) is 0 Å². The van der Waals surface area contributed by atoms with Gasteiger partial charge in [0.05, 0.1) is 0 Å². The zero-order valence-corrected chi connectivity index (χ0v) is 18.6. The maximum atomic E-state index is 4.86. The quantitative estimate of drug-likeness (QED) is 0.648. The van der Waals surface area contributed by atoms with Crippen molar-refractivity contribution in [1.82, 2.24) is 20.3 Å². The lowest BCUT2D eigenvalue weighted by Crippen LogP contribution is -2.43. The zero-order chi connectivity index (χ0) is 21.5. The van der Waals surface area contributed by atoms with E-state index in [1.54, 1.807) is 6.33 Å². The summed E-state index contributed by atoms with van der Waals surface area (Å²) in [5, 5.41) is 7.12. The molecule has 1 fully saturated rings. The Hall–Kier alpha value is -2.99. The van der Waals surface area contributed by atoms with Crippen molar-refractivity contribution < 1.29 is 0 Å². The van der Waals surface area contributed by atoms with Gasteiger partial charge < -0.3 is 15.5 Å². The van der Waals surface area contributed by atoms with Gasteiger partial charge in [-0.15, -0.1) is 0 Å². The van der Waals surface area contributed by atoms with E-state index in [0.717, 1.165) is 57.1 Å². The van der Waals surface area contributed by atoms with Crippen LogP contribution < -0.4 is 15.5 Å². The summed E-state index contributed by atoms with van der Waals surface area (Å²) in [5.74, 6) is 2.57. The minimum Gasteiger partial charge on any atom is -0.366 e. The molecule has 6 nitrogen and oxygen atoms in total. The van der Waals surface area contributed by atoms with E-state index in [9.17, 15) is 0 Å². The van der Waals surface area contributed by atoms with Gasteiger partial charge in [0.25, 0.3) is 0 Å². The maximum absolute atomic E-state index is 4.86. The fraction of sp³-hybridized carbons (Fsp3) is 0.423. The summed E-state index contributed by atoms with van der Waals surface area (Å²) >= 11 is 0. The molecule has 1 saturated heterocycles. The summed E-state index contributed by atoms with van der Waals surface area (Å²) in [7, 11) is 0. The van der Waals surface area contributed by atoms with Crippen molar-refractivity contribution in [2.75, 3.05) is 29.9 Å². The largest absolute Gasteiger partial charge is 0.366 e. The molecule has 1 unspecified atom stereocenters. The fourth-order valence-corrected chi connectivity index (χ4v) is 6.03. The second kappa shape index (κ2) is 7.85. The Morgan fingerprint density at radius 1 is 1.09 bits per heavy atom. The first-order valence-corrected chi connectivity index (χ1v) is 11.8. The molecule has 3 aromatic rings. The van der Waals surface area contributed by atoms with Crippen molar-refractivity contribution in [2.45, 2.75) is 50.5 Å². The lowest BCUT2D eigenvalue weighted by molar-refractivity contribution is 0.327. The number of hydrogen-bond acceptors (Lipinski definition) is 6. The van der Waals surface area contributed by atoms with Crippen molar-refractivity contribution in [3.8, 4) is 0 Å². The van der Waals surface area contributed by atoms with Gasteiger partial charge in [-0.25, -0.2) is 15.0 Å². The Morgan fingerprint density at radius 2 is 2.00 bits per heavy atom. The normalized spacial score (nSPS) is 20.9. The fourth-order valence-electron chi connectivity index (χ4n) is 6.03. The van der Waals surface area contributed by atoms with Crippen LogP contribution >= 0.6 is 0 Å². The van der Waals surface area contributed by atoms with E-state index in [1.165, 1.54) is 34.5 Å². The number of nitrogens with one attached hydrogen (secondary N) is 2. The van der Waals surface area contributed by atoms with Gasteiger partial charge in [0, 0.05) is 41.6 Å². The molecule has 1 aliphatic carbocycles. The van der Waals surface area contributed by atoms with Crippen LogP contribution in [0.4, 0.5) is 17.3 Å². The predicted molar refractivity (Wildman–Crippen MR) is 128 cm³/mol. The average molecular weight is 427 g/mol. The van der Waals surface area contributed by atoms with E-state index in [4.69, 9.17) is 4.98 Å². The smallest absolute Gasteiger partial charge is 0.140 e. The molecular formula is C26H30N6. The third kappa shape index (κ3) is 3.16. The molecule has 4 heterocycles. The molecule has 6 heteroatoms. The number of hydrogen-bond donors (Lipinski definition) is 2. The van der Waals surface area contributed by atoms with Crippen molar-refractivity contribution in [3.05, 3.63) is 71.3 Å². The summed E-state index contributed by atoms with van der Waals surface area (Å²) in [6.07, 6.45) is 8.15. The van der Waals surface area contributed by atoms with Gasteiger partial charge in [0.1, 0.15) is 18.0 Å². The molecule has 1 aromatic carbocycles. The van der Waals surface area contributed by atoms with Crippen LogP contribution in [0.1, 0.15) is 54.5 Å². The minimum absolute atomic E-state index is 0.155. The number of piperidine rings is 1. The Balaban J connectivity index is 1.44. The highest BCUT2D eigenvalue weighted by Crippen LogP contribution is 2.52. The molecule has 1 spiro atoms.